The maximum Gasteiger partial charge on any atom is 0.0269 e. The summed E-state index contributed by atoms with van der Waals surface area (Å²) in [6.45, 7) is 10.2. The Balaban J connectivity index is 3.11. The molecule has 0 aliphatic rings. The fourth-order valence-electron chi connectivity index (χ4n) is 1.07. The van der Waals surface area contributed by atoms with Gasteiger partial charge in [-0.1, -0.05) is 13.5 Å². The van der Waals surface area contributed by atoms with Crippen LogP contribution in [0.25, 0.3) is 0 Å². The topological polar surface area (TPSA) is 36.1 Å². The van der Waals surface area contributed by atoms with Gasteiger partial charge in [-0.15, -0.1) is 0 Å². The van der Waals surface area contributed by atoms with Crippen LogP contribution >= 0.6 is 0 Å². The minimum atomic E-state index is 0.978. The van der Waals surface area contributed by atoms with Crippen LogP contribution in [0, 0.1) is 0 Å². The molecule has 0 aromatic rings. The summed E-state index contributed by atoms with van der Waals surface area (Å²) in [5.74, 6) is 0. The molecule has 0 heterocycles. The molecule has 0 spiro atoms. The second-order valence-corrected chi connectivity index (χ2v) is 3.09. The minimum Gasteiger partial charge on any atom is -0.388 e. The highest BCUT2D eigenvalue weighted by Gasteiger charge is 1.92. The van der Waals surface area contributed by atoms with Gasteiger partial charge in [-0.25, -0.2) is 0 Å². The van der Waals surface area contributed by atoms with Crippen molar-refractivity contribution in [1.82, 2.24) is 16.0 Å². The highest BCUT2D eigenvalue weighted by atomic mass is 14.9. The molecule has 0 unspecified atom stereocenters. The van der Waals surface area contributed by atoms with Crippen LogP contribution in [-0.4, -0.2) is 33.2 Å². The number of nitrogens with one attached hydrogen (secondary N) is 3. The van der Waals surface area contributed by atoms with Gasteiger partial charge in [0.1, 0.15) is 0 Å². The summed E-state index contributed by atoms with van der Waals surface area (Å²) in [6, 6.07) is 0. The number of allylic oxidation sites excluding steroid dienone is 1. The quantitative estimate of drug-likeness (QED) is 0.463. The predicted octanol–water partition coefficient (Wildman–Crippen LogP) is 0.699. The molecule has 3 heteroatoms. The average Bonchev–Trinajstić information content (AvgIpc) is 2.13. The first-order valence-corrected chi connectivity index (χ1v) is 5.08. The lowest BCUT2D eigenvalue weighted by molar-refractivity contribution is 0.639. The van der Waals surface area contributed by atoms with Crippen LogP contribution in [0.3, 0.4) is 0 Å². The highest BCUT2D eigenvalue weighted by molar-refractivity contribution is 4.90. The van der Waals surface area contributed by atoms with E-state index in [9.17, 15) is 0 Å². The first-order chi connectivity index (χ1) is 6.31. The average molecular weight is 185 g/mol. The van der Waals surface area contributed by atoms with E-state index >= 15 is 0 Å². The van der Waals surface area contributed by atoms with Crippen LogP contribution in [-0.2, 0) is 0 Å². The zero-order valence-corrected chi connectivity index (χ0v) is 8.95. The molecular weight excluding hydrogens is 162 g/mol. The van der Waals surface area contributed by atoms with E-state index in [1.165, 1.54) is 0 Å². The number of hydrogen-bond donors (Lipinski definition) is 3. The first kappa shape index (κ1) is 12.5. The molecule has 0 aromatic heterocycles. The Labute approximate surface area is 82.0 Å². The van der Waals surface area contributed by atoms with Gasteiger partial charge in [0.05, 0.1) is 0 Å². The van der Waals surface area contributed by atoms with Gasteiger partial charge in [0, 0.05) is 18.8 Å². The number of rotatable bonds is 9. The standard InChI is InChI=1S/C10H23N3/c1-4-12-8-9-13-10(2)6-5-7-11-3/h11-13H,2,4-9H2,1,3H3. The fraction of sp³-hybridized carbons (Fsp3) is 0.800. The molecule has 0 aromatic carbocycles. The van der Waals surface area contributed by atoms with Crippen LogP contribution in [0.1, 0.15) is 19.8 Å². The van der Waals surface area contributed by atoms with Gasteiger partial charge in [0.2, 0.25) is 0 Å². The van der Waals surface area contributed by atoms with E-state index in [1.807, 2.05) is 7.05 Å². The largest absolute Gasteiger partial charge is 0.388 e. The Kier molecular flexibility index (Phi) is 9.15. The Bertz CT molecular complexity index is 123. The molecule has 0 atom stereocenters. The molecule has 0 saturated carbocycles. The van der Waals surface area contributed by atoms with Crippen molar-refractivity contribution in [3.05, 3.63) is 12.3 Å². The summed E-state index contributed by atoms with van der Waals surface area (Å²) in [6.07, 6.45) is 2.22. The van der Waals surface area contributed by atoms with Crippen molar-refractivity contribution in [2.45, 2.75) is 19.8 Å². The predicted molar refractivity (Wildman–Crippen MR) is 58.8 cm³/mol. The van der Waals surface area contributed by atoms with Crippen molar-refractivity contribution in [1.29, 1.82) is 0 Å². The van der Waals surface area contributed by atoms with Crippen LogP contribution in [0.2, 0.25) is 0 Å². The maximum atomic E-state index is 3.96. The molecule has 0 fully saturated rings. The van der Waals surface area contributed by atoms with Crippen molar-refractivity contribution in [3.63, 3.8) is 0 Å². The van der Waals surface area contributed by atoms with E-state index in [0.29, 0.717) is 0 Å². The Morgan fingerprint density at radius 3 is 2.62 bits per heavy atom. The van der Waals surface area contributed by atoms with Crippen molar-refractivity contribution in [2.24, 2.45) is 0 Å². The van der Waals surface area contributed by atoms with Gasteiger partial charge in [-0.05, 0) is 33.0 Å². The van der Waals surface area contributed by atoms with Crippen molar-refractivity contribution < 1.29 is 0 Å². The van der Waals surface area contributed by atoms with Gasteiger partial charge in [-0.3, -0.25) is 0 Å². The molecule has 3 nitrogen and oxygen atoms in total. The van der Waals surface area contributed by atoms with Gasteiger partial charge < -0.3 is 16.0 Å². The Morgan fingerprint density at radius 2 is 2.00 bits per heavy atom. The molecule has 13 heavy (non-hydrogen) atoms. The third kappa shape index (κ3) is 9.37. The zero-order chi connectivity index (χ0) is 9.94. The van der Waals surface area contributed by atoms with Gasteiger partial charge in [0.15, 0.2) is 0 Å². The molecule has 0 rings (SSSR count). The summed E-state index contributed by atoms with van der Waals surface area (Å²) in [7, 11) is 1.97. The molecule has 0 amide bonds. The lowest BCUT2D eigenvalue weighted by Gasteiger charge is -2.09. The normalized spacial score (nSPS) is 10.0. The zero-order valence-electron chi connectivity index (χ0n) is 8.95. The van der Waals surface area contributed by atoms with Crippen molar-refractivity contribution in [3.8, 4) is 0 Å². The lowest BCUT2D eigenvalue weighted by atomic mass is 10.2. The van der Waals surface area contributed by atoms with E-state index in [0.717, 1.165) is 44.7 Å². The number of likely N-dealkylation sites (N-methyl/N-ethyl adjacent to an activating group) is 1. The molecule has 0 aliphatic heterocycles. The smallest absolute Gasteiger partial charge is 0.0269 e. The Hall–Kier alpha value is -0.540. The van der Waals surface area contributed by atoms with Gasteiger partial charge >= 0.3 is 0 Å². The molecule has 0 saturated heterocycles. The minimum absolute atomic E-state index is 0.978. The SMILES string of the molecule is C=C(CCCNC)NCCNCC. The summed E-state index contributed by atoms with van der Waals surface area (Å²) in [5, 5.41) is 9.66. The first-order valence-electron chi connectivity index (χ1n) is 5.08. The summed E-state index contributed by atoms with van der Waals surface area (Å²) < 4.78 is 0. The Morgan fingerprint density at radius 1 is 1.23 bits per heavy atom. The van der Waals surface area contributed by atoms with E-state index in [2.05, 4.69) is 29.5 Å². The third-order valence-electron chi connectivity index (χ3n) is 1.83. The van der Waals surface area contributed by atoms with Crippen LogP contribution in [0.5, 0.6) is 0 Å². The fourth-order valence-corrected chi connectivity index (χ4v) is 1.07. The van der Waals surface area contributed by atoms with E-state index < -0.39 is 0 Å². The summed E-state index contributed by atoms with van der Waals surface area (Å²) in [5.41, 5.74) is 1.15. The van der Waals surface area contributed by atoms with Gasteiger partial charge in [0.25, 0.3) is 0 Å². The molecule has 0 aliphatic carbocycles. The molecular formula is C10H23N3. The third-order valence-corrected chi connectivity index (χ3v) is 1.83. The molecule has 0 radical (unpaired) electrons. The summed E-state index contributed by atoms with van der Waals surface area (Å²) >= 11 is 0. The van der Waals surface area contributed by atoms with E-state index in [1.54, 1.807) is 0 Å². The second kappa shape index (κ2) is 9.55. The maximum absolute atomic E-state index is 3.96. The second-order valence-electron chi connectivity index (χ2n) is 3.09. The number of hydrogen-bond acceptors (Lipinski definition) is 3. The molecule has 3 N–H and O–H groups in total. The van der Waals surface area contributed by atoms with Crippen LogP contribution < -0.4 is 16.0 Å². The van der Waals surface area contributed by atoms with Gasteiger partial charge in [-0.2, -0.15) is 0 Å². The summed E-state index contributed by atoms with van der Waals surface area (Å²) in [4.78, 5) is 0. The van der Waals surface area contributed by atoms with Crippen molar-refractivity contribution in [2.75, 3.05) is 33.2 Å². The van der Waals surface area contributed by atoms with Crippen molar-refractivity contribution >= 4 is 0 Å². The van der Waals surface area contributed by atoms with Crippen LogP contribution in [0.15, 0.2) is 12.3 Å². The van der Waals surface area contributed by atoms with E-state index in [4.69, 9.17) is 0 Å². The van der Waals surface area contributed by atoms with E-state index in [-0.39, 0.29) is 0 Å². The molecule has 78 valence electrons. The monoisotopic (exact) mass is 185 g/mol. The molecule has 0 bridgehead atoms. The van der Waals surface area contributed by atoms with Crippen LogP contribution in [0.4, 0.5) is 0 Å². The highest BCUT2D eigenvalue weighted by Crippen LogP contribution is 1.95. The lowest BCUT2D eigenvalue weighted by Crippen LogP contribution is -2.26.